The third-order valence-electron chi connectivity index (χ3n) is 2.03. The SMILES string of the molecule is O=S(=O)(Oc1ccc2c(c1)SC=CN=C2)C(F)(F)F. The maximum atomic E-state index is 12.2. The van der Waals surface area contributed by atoms with Crippen LogP contribution in [0.15, 0.2) is 39.7 Å². The molecule has 0 bridgehead atoms. The number of aliphatic imine (C=N–C) groups is 1. The van der Waals surface area contributed by atoms with E-state index in [1.54, 1.807) is 5.41 Å². The smallest absolute Gasteiger partial charge is 0.376 e. The van der Waals surface area contributed by atoms with Gasteiger partial charge in [0.2, 0.25) is 0 Å². The molecule has 0 amide bonds. The first-order valence-corrected chi connectivity index (χ1v) is 7.08. The van der Waals surface area contributed by atoms with E-state index in [-0.39, 0.29) is 0 Å². The zero-order valence-electron chi connectivity index (χ0n) is 9.09. The van der Waals surface area contributed by atoms with Gasteiger partial charge in [-0.1, -0.05) is 11.8 Å². The van der Waals surface area contributed by atoms with Gasteiger partial charge >= 0.3 is 15.6 Å². The minimum Gasteiger partial charge on any atom is -0.376 e. The summed E-state index contributed by atoms with van der Waals surface area (Å²) in [6.45, 7) is 0. The molecular formula is C10H6F3NO3S2. The largest absolute Gasteiger partial charge is 0.534 e. The third kappa shape index (κ3) is 3.10. The third-order valence-corrected chi connectivity index (χ3v) is 3.87. The van der Waals surface area contributed by atoms with Gasteiger partial charge in [0.05, 0.1) is 0 Å². The summed E-state index contributed by atoms with van der Waals surface area (Å²) in [5.41, 5.74) is -4.79. The molecule has 1 heterocycles. The van der Waals surface area contributed by atoms with Crippen LogP contribution in [0.4, 0.5) is 13.2 Å². The summed E-state index contributed by atoms with van der Waals surface area (Å²) in [4.78, 5) is 4.44. The van der Waals surface area contributed by atoms with Crippen LogP contribution in [-0.2, 0) is 10.1 Å². The van der Waals surface area contributed by atoms with E-state index in [2.05, 4.69) is 9.18 Å². The molecule has 0 fully saturated rings. The summed E-state index contributed by atoms with van der Waals surface area (Å²) in [7, 11) is -5.65. The average molecular weight is 309 g/mol. The van der Waals surface area contributed by atoms with Crippen LogP contribution < -0.4 is 4.18 Å². The Kier molecular flexibility index (Phi) is 3.59. The van der Waals surface area contributed by atoms with Crippen LogP contribution in [-0.4, -0.2) is 20.1 Å². The summed E-state index contributed by atoms with van der Waals surface area (Å²) in [5, 5.41) is 1.62. The summed E-state index contributed by atoms with van der Waals surface area (Å²) in [6.07, 6.45) is 3.02. The molecule has 19 heavy (non-hydrogen) atoms. The van der Waals surface area contributed by atoms with E-state index in [1.807, 2.05) is 0 Å². The van der Waals surface area contributed by atoms with Gasteiger partial charge in [0.1, 0.15) is 5.75 Å². The molecule has 0 saturated heterocycles. The van der Waals surface area contributed by atoms with Gasteiger partial charge in [-0.05, 0) is 23.6 Å². The average Bonchev–Trinajstić information content (AvgIpc) is 2.51. The van der Waals surface area contributed by atoms with Crippen molar-refractivity contribution in [3.05, 3.63) is 35.4 Å². The molecule has 4 nitrogen and oxygen atoms in total. The molecule has 1 aliphatic rings. The van der Waals surface area contributed by atoms with Crippen LogP contribution in [0.25, 0.3) is 0 Å². The van der Waals surface area contributed by atoms with Gasteiger partial charge in [-0.15, -0.1) is 0 Å². The van der Waals surface area contributed by atoms with Gasteiger partial charge in [0, 0.05) is 22.9 Å². The minimum atomic E-state index is -5.65. The van der Waals surface area contributed by atoms with Crippen molar-refractivity contribution in [1.82, 2.24) is 0 Å². The van der Waals surface area contributed by atoms with Gasteiger partial charge in [-0.2, -0.15) is 21.6 Å². The lowest BCUT2D eigenvalue weighted by Crippen LogP contribution is -2.28. The number of thioether (sulfide) groups is 1. The van der Waals surface area contributed by atoms with E-state index in [1.165, 1.54) is 36.3 Å². The van der Waals surface area contributed by atoms with E-state index in [0.717, 1.165) is 6.07 Å². The number of benzene rings is 1. The van der Waals surface area contributed by atoms with Gasteiger partial charge in [0.25, 0.3) is 0 Å². The normalized spacial score (nSPS) is 14.9. The molecule has 9 heteroatoms. The number of halogens is 3. The van der Waals surface area contributed by atoms with Crippen molar-refractivity contribution in [2.45, 2.75) is 10.4 Å². The lowest BCUT2D eigenvalue weighted by Gasteiger charge is -2.10. The highest BCUT2D eigenvalue weighted by Crippen LogP contribution is 2.32. The molecule has 1 aliphatic heterocycles. The van der Waals surface area contributed by atoms with Crippen LogP contribution in [0, 0.1) is 0 Å². The molecule has 1 aromatic rings. The molecule has 0 atom stereocenters. The molecule has 0 spiro atoms. The molecule has 0 aromatic heterocycles. The highest BCUT2D eigenvalue weighted by atomic mass is 32.2. The summed E-state index contributed by atoms with van der Waals surface area (Å²) >= 11 is 1.20. The first-order chi connectivity index (χ1) is 8.79. The second-order valence-electron chi connectivity index (χ2n) is 3.36. The van der Waals surface area contributed by atoms with Crippen molar-refractivity contribution in [2.24, 2.45) is 4.99 Å². The molecule has 0 saturated carbocycles. The fourth-order valence-corrected chi connectivity index (χ4v) is 2.38. The molecular weight excluding hydrogens is 303 g/mol. The topological polar surface area (TPSA) is 55.7 Å². The predicted octanol–water partition coefficient (Wildman–Crippen LogP) is 2.91. The van der Waals surface area contributed by atoms with Gasteiger partial charge in [-0.3, -0.25) is 4.99 Å². The molecule has 0 N–H and O–H groups in total. The Morgan fingerprint density at radius 1 is 1.26 bits per heavy atom. The predicted molar refractivity (Wildman–Crippen MR) is 64.6 cm³/mol. The Labute approximate surface area is 111 Å². The molecule has 102 valence electrons. The van der Waals surface area contributed by atoms with E-state index in [4.69, 9.17) is 0 Å². The lowest BCUT2D eigenvalue weighted by atomic mass is 10.2. The summed E-state index contributed by atoms with van der Waals surface area (Å²) < 4.78 is 62.3. The summed E-state index contributed by atoms with van der Waals surface area (Å²) in [5.74, 6) is -0.396. The molecule has 2 rings (SSSR count). The van der Waals surface area contributed by atoms with Crippen LogP contribution in [0.2, 0.25) is 0 Å². The van der Waals surface area contributed by atoms with Crippen LogP contribution in [0.1, 0.15) is 5.56 Å². The van der Waals surface area contributed by atoms with E-state index < -0.39 is 21.4 Å². The highest BCUT2D eigenvalue weighted by Gasteiger charge is 2.48. The number of nitrogens with zero attached hydrogens (tertiary/aromatic N) is 1. The van der Waals surface area contributed by atoms with Crippen LogP contribution >= 0.6 is 11.8 Å². The zero-order chi connectivity index (χ0) is 14.1. The fourth-order valence-electron chi connectivity index (χ4n) is 1.21. The van der Waals surface area contributed by atoms with Gasteiger partial charge in [-0.25, -0.2) is 0 Å². The first-order valence-electron chi connectivity index (χ1n) is 4.79. The van der Waals surface area contributed by atoms with Crippen molar-refractivity contribution < 1.29 is 25.8 Å². The number of alkyl halides is 3. The van der Waals surface area contributed by atoms with Crippen molar-refractivity contribution in [3.63, 3.8) is 0 Å². The number of hydrogen-bond acceptors (Lipinski definition) is 5. The van der Waals surface area contributed by atoms with Gasteiger partial charge < -0.3 is 4.18 Å². The van der Waals surface area contributed by atoms with Crippen molar-refractivity contribution >= 4 is 28.1 Å². The Morgan fingerprint density at radius 3 is 2.68 bits per heavy atom. The first kappa shape index (κ1) is 13.9. The van der Waals surface area contributed by atoms with Crippen LogP contribution in [0.5, 0.6) is 5.75 Å². The Balaban J connectivity index is 2.32. The summed E-state index contributed by atoms with van der Waals surface area (Å²) in [6, 6.07) is 3.78. The zero-order valence-corrected chi connectivity index (χ0v) is 10.7. The molecule has 0 unspecified atom stereocenters. The van der Waals surface area contributed by atoms with Gasteiger partial charge in [0.15, 0.2) is 0 Å². The maximum absolute atomic E-state index is 12.2. The van der Waals surface area contributed by atoms with E-state index in [9.17, 15) is 21.6 Å². The Bertz CT molecular complexity index is 650. The Morgan fingerprint density at radius 2 is 2.00 bits per heavy atom. The number of hydrogen-bond donors (Lipinski definition) is 0. The van der Waals surface area contributed by atoms with Crippen molar-refractivity contribution in [3.8, 4) is 5.75 Å². The van der Waals surface area contributed by atoms with Crippen molar-refractivity contribution in [1.29, 1.82) is 0 Å². The van der Waals surface area contributed by atoms with Crippen molar-refractivity contribution in [2.75, 3.05) is 0 Å². The van der Waals surface area contributed by atoms with E-state index in [0.29, 0.717) is 10.5 Å². The van der Waals surface area contributed by atoms with Crippen LogP contribution in [0.3, 0.4) is 0 Å². The fraction of sp³-hybridized carbons (Fsp3) is 0.100. The highest BCUT2D eigenvalue weighted by molar-refractivity contribution is 8.02. The Hall–Kier alpha value is -1.48. The van der Waals surface area contributed by atoms with E-state index >= 15 is 0 Å². The monoisotopic (exact) mass is 309 g/mol. The molecule has 1 aromatic carbocycles. The lowest BCUT2D eigenvalue weighted by molar-refractivity contribution is -0.0500. The minimum absolute atomic E-state index is 0.396. The second-order valence-corrected chi connectivity index (χ2v) is 5.85. The quantitative estimate of drug-likeness (QED) is 0.622. The number of fused-ring (bicyclic) bond motifs is 1. The number of rotatable bonds is 2. The standard InChI is InChI=1S/C10H6F3NO3S2/c11-10(12,13)19(15,16)17-8-2-1-7-6-14-3-4-18-9(7)5-8/h1-6H. The molecule has 0 aliphatic carbocycles. The second kappa shape index (κ2) is 4.89. The molecule has 0 radical (unpaired) electrons. The maximum Gasteiger partial charge on any atom is 0.534 e.